The normalized spacial score (nSPS) is 9.64. The van der Waals surface area contributed by atoms with Crippen LogP contribution in [0.4, 0.5) is 0 Å². The Labute approximate surface area is 80.6 Å². The Kier molecular flexibility index (Phi) is 8.63. The maximum absolute atomic E-state index is 10.9. The van der Waals surface area contributed by atoms with Crippen LogP contribution in [-0.4, -0.2) is 29.8 Å². The second-order valence-corrected chi connectivity index (χ2v) is 3.91. The topological polar surface area (TPSA) is 29.1 Å². The van der Waals surface area contributed by atoms with E-state index in [0.29, 0.717) is 6.42 Å². The Morgan fingerprint density at radius 3 is 2.91 bits per heavy atom. The largest absolute Gasteiger partial charge is 0.356 e. The van der Waals surface area contributed by atoms with Gasteiger partial charge in [0.1, 0.15) is 0 Å². The van der Waals surface area contributed by atoms with Gasteiger partial charge in [0.2, 0.25) is 5.91 Å². The molecule has 0 radical (unpaired) electrons. The molecule has 0 bridgehead atoms. The molecule has 0 aliphatic heterocycles. The van der Waals surface area contributed by atoms with Crippen LogP contribution in [-0.2, 0) is 4.79 Å². The van der Waals surface area contributed by atoms with Crippen LogP contribution in [0.15, 0.2) is 0 Å². The zero-order chi connectivity index (χ0) is 8.53. The van der Waals surface area contributed by atoms with Gasteiger partial charge in [0.05, 0.1) is 0 Å². The predicted octanol–water partition coefficient (Wildman–Crippen LogP) is 1.64. The first-order chi connectivity index (χ1) is 5.31. The van der Waals surface area contributed by atoms with E-state index in [0.717, 1.165) is 24.0 Å². The molecule has 0 heterocycles. The van der Waals surface area contributed by atoms with Gasteiger partial charge in [-0.3, -0.25) is 4.79 Å². The van der Waals surface area contributed by atoms with Gasteiger partial charge >= 0.3 is 0 Å². The molecule has 0 aromatic heterocycles. The molecule has 1 amide bonds. The van der Waals surface area contributed by atoms with Crippen molar-refractivity contribution in [2.24, 2.45) is 0 Å². The summed E-state index contributed by atoms with van der Waals surface area (Å²) in [6.07, 6.45) is 3.65. The number of nitrogens with one attached hydrogen (secondary N) is 1. The number of amides is 1. The van der Waals surface area contributed by atoms with E-state index in [2.05, 4.69) is 21.2 Å². The molecule has 0 saturated heterocycles. The van der Waals surface area contributed by atoms with Crippen LogP contribution in [0.1, 0.15) is 12.8 Å². The number of carbonyl (C=O) groups is 1. The van der Waals surface area contributed by atoms with Crippen LogP contribution in [0.2, 0.25) is 0 Å². The quantitative estimate of drug-likeness (QED) is 0.565. The summed E-state index contributed by atoms with van der Waals surface area (Å²) in [7, 11) is 0. The molecule has 0 spiro atoms. The van der Waals surface area contributed by atoms with Gasteiger partial charge in [-0.25, -0.2) is 0 Å². The van der Waals surface area contributed by atoms with E-state index in [1.54, 1.807) is 11.8 Å². The van der Waals surface area contributed by atoms with E-state index in [9.17, 15) is 4.79 Å². The van der Waals surface area contributed by atoms with Gasteiger partial charge in [-0.15, -0.1) is 0 Å². The van der Waals surface area contributed by atoms with Crippen molar-refractivity contribution in [2.75, 3.05) is 23.9 Å². The van der Waals surface area contributed by atoms with Crippen molar-refractivity contribution in [3.63, 3.8) is 0 Å². The third kappa shape index (κ3) is 8.20. The number of alkyl halides is 1. The zero-order valence-corrected chi connectivity index (χ0v) is 9.13. The van der Waals surface area contributed by atoms with Crippen LogP contribution < -0.4 is 5.32 Å². The lowest BCUT2D eigenvalue weighted by molar-refractivity contribution is -0.120. The molecule has 2 nitrogen and oxygen atoms in total. The van der Waals surface area contributed by atoms with Gasteiger partial charge in [0, 0.05) is 24.0 Å². The first-order valence-electron chi connectivity index (χ1n) is 3.63. The summed E-state index contributed by atoms with van der Waals surface area (Å²) >= 11 is 5.00. The van der Waals surface area contributed by atoms with E-state index in [1.165, 1.54) is 0 Å². The van der Waals surface area contributed by atoms with Crippen LogP contribution in [0.5, 0.6) is 0 Å². The average molecular weight is 240 g/mol. The molecule has 0 aromatic rings. The third-order valence-corrected chi connectivity index (χ3v) is 2.34. The Bertz CT molecular complexity index is 111. The molecule has 11 heavy (non-hydrogen) atoms. The number of halogens is 1. The lowest BCUT2D eigenvalue weighted by Gasteiger charge is -2.01. The SMILES string of the molecule is CSCCC(=O)NCCCBr. The van der Waals surface area contributed by atoms with E-state index >= 15 is 0 Å². The number of thioether (sulfide) groups is 1. The highest BCUT2D eigenvalue weighted by molar-refractivity contribution is 9.09. The molecule has 66 valence electrons. The van der Waals surface area contributed by atoms with Crippen LogP contribution >= 0.6 is 27.7 Å². The standard InChI is InChI=1S/C7H14BrNOS/c1-11-6-3-7(10)9-5-2-4-8/h2-6H2,1H3,(H,9,10). The summed E-state index contributed by atoms with van der Waals surface area (Å²) in [5, 5.41) is 3.79. The number of hydrogen-bond donors (Lipinski definition) is 1. The fraction of sp³-hybridized carbons (Fsp3) is 0.857. The highest BCUT2D eigenvalue weighted by Gasteiger charge is 1.97. The highest BCUT2D eigenvalue weighted by Crippen LogP contribution is 1.94. The van der Waals surface area contributed by atoms with Gasteiger partial charge in [-0.05, 0) is 12.7 Å². The minimum absolute atomic E-state index is 0.167. The summed E-state index contributed by atoms with van der Waals surface area (Å²) in [5.41, 5.74) is 0. The van der Waals surface area contributed by atoms with Crippen molar-refractivity contribution in [2.45, 2.75) is 12.8 Å². The monoisotopic (exact) mass is 239 g/mol. The smallest absolute Gasteiger partial charge is 0.220 e. The van der Waals surface area contributed by atoms with Gasteiger partial charge in [0.25, 0.3) is 0 Å². The van der Waals surface area contributed by atoms with Crippen molar-refractivity contribution in [3.05, 3.63) is 0 Å². The third-order valence-electron chi connectivity index (χ3n) is 1.17. The summed E-state index contributed by atoms with van der Waals surface area (Å²) in [4.78, 5) is 10.9. The Balaban J connectivity index is 3.09. The van der Waals surface area contributed by atoms with Crippen LogP contribution in [0.3, 0.4) is 0 Å². The van der Waals surface area contributed by atoms with Crippen LogP contribution in [0, 0.1) is 0 Å². The van der Waals surface area contributed by atoms with E-state index in [-0.39, 0.29) is 5.91 Å². The summed E-state index contributed by atoms with van der Waals surface area (Å²) < 4.78 is 0. The Hall–Kier alpha value is 0.300. The molecule has 0 aromatic carbocycles. The maximum atomic E-state index is 10.9. The second-order valence-electron chi connectivity index (χ2n) is 2.14. The fourth-order valence-electron chi connectivity index (χ4n) is 0.578. The molecule has 0 fully saturated rings. The molecule has 0 unspecified atom stereocenters. The number of hydrogen-bond acceptors (Lipinski definition) is 2. The maximum Gasteiger partial charge on any atom is 0.220 e. The molecule has 0 aliphatic carbocycles. The van der Waals surface area contributed by atoms with Crippen molar-refractivity contribution >= 4 is 33.6 Å². The predicted molar refractivity (Wildman–Crippen MR) is 54.4 cm³/mol. The zero-order valence-electron chi connectivity index (χ0n) is 6.73. The molecule has 0 aliphatic rings. The minimum atomic E-state index is 0.167. The van der Waals surface area contributed by atoms with Gasteiger partial charge in [0.15, 0.2) is 0 Å². The van der Waals surface area contributed by atoms with E-state index in [1.807, 2.05) is 6.26 Å². The highest BCUT2D eigenvalue weighted by atomic mass is 79.9. The van der Waals surface area contributed by atoms with Gasteiger partial charge in [-0.2, -0.15) is 11.8 Å². The lowest BCUT2D eigenvalue weighted by Crippen LogP contribution is -2.24. The molecule has 0 atom stereocenters. The van der Waals surface area contributed by atoms with Gasteiger partial charge < -0.3 is 5.32 Å². The summed E-state index contributed by atoms with van der Waals surface area (Å²) in [5.74, 6) is 1.08. The molecular weight excluding hydrogens is 226 g/mol. The summed E-state index contributed by atoms with van der Waals surface area (Å²) in [6.45, 7) is 0.790. The molecule has 4 heteroatoms. The first kappa shape index (κ1) is 11.3. The fourth-order valence-corrected chi connectivity index (χ4v) is 1.25. The average Bonchev–Trinajstić information content (AvgIpc) is 2.01. The Morgan fingerprint density at radius 2 is 2.36 bits per heavy atom. The van der Waals surface area contributed by atoms with Crippen LogP contribution in [0.25, 0.3) is 0 Å². The molecular formula is C7H14BrNOS. The molecule has 0 saturated carbocycles. The van der Waals surface area contributed by atoms with E-state index < -0.39 is 0 Å². The van der Waals surface area contributed by atoms with Crippen molar-refractivity contribution in [1.29, 1.82) is 0 Å². The first-order valence-corrected chi connectivity index (χ1v) is 6.14. The van der Waals surface area contributed by atoms with Crippen molar-refractivity contribution < 1.29 is 4.79 Å². The lowest BCUT2D eigenvalue weighted by atomic mass is 10.4. The molecule has 0 rings (SSSR count). The second kappa shape index (κ2) is 8.40. The van der Waals surface area contributed by atoms with Crippen molar-refractivity contribution in [3.8, 4) is 0 Å². The Morgan fingerprint density at radius 1 is 1.64 bits per heavy atom. The summed E-state index contributed by atoms with van der Waals surface area (Å²) in [6, 6.07) is 0. The van der Waals surface area contributed by atoms with Crippen molar-refractivity contribution in [1.82, 2.24) is 5.32 Å². The minimum Gasteiger partial charge on any atom is -0.356 e. The number of rotatable bonds is 6. The molecule has 1 N–H and O–H groups in total. The van der Waals surface area contributed by atoms with E-state index in [4.69, 9.17) is 0 Å². The van der Waals surface area contributed by atoms with Gasteiger partial charge in [-0.1, -0.05) is 15.9 Å². The number of carbonyl (C=O) groups excluding carboxylic acids is 1.